The third-order valence-corrected chi connectivity index (χ3v) is 6.37. The second-order valence-corrected chi connectivity index (χ2v) is 9.09. The van der Waals surface area contributed by atoms with E-state index in [1.54, 1.807) is 69.6 Å². The van der Waals surface area contributed by atoms with E-state index in [1.807, 2.05) is 0 Å². The predicted molar refractivity (Wildman–Crippen MR) is 133 cm³/mol. The fraction of sp³-hybridized carbons (Fsp3) is 0.143. The van der Waals surface area contributed by atoms with Crippen LogP contribution in [0, 0.1) is 18.6 Å². The van der Waals surface area contributed by atoms with E-state index in [0.717, 1.165) is 0 Å². The van der Waals surface area contributed by atoms with Gasteiger partial charge < -0.3 is 5.32 Å². The van der Waals surface area contributed by atoms with Gasteiger partial charge in [0.25, 0.3) is 5.91 Å². The molecule has 0 fully saturated rings. The Hall–Kier alpha value is -4.46. The SMILES string of the molecule is Cc1ccc(-c2cccc3c2C(C)(C)C(=O)N3c2ncccn2)c(F)c1C(=O)Nc1ccc(F)cc1. The van der Waals surface area contributed by atoms with E-state index in [4.69, 9.17) is 0 Å². The summed E-state index contributed by atoms with van der Waals surface area (Å²) in [7, 11) is 0. The van der Waals surface area contributed by atoms with E-state index < -0.39 is 23.0 Å². The van der Waals surface area contributed by atoms with Gasteiger partial charge in [-0.25, -0.2) is 23.6 Å². The number of fused-ring (bicyclic) bond motifs is 1. The molecule has 1 aromatic heterocycles. The summed E-state index contributed by atoms with van der Waals surface area (Å²) in [6, 6.07) is 15.4. The molecule has 1 aliphatic rings. The number of anilines is 3. The molecule has 8 heteroatoms. The molecular formula is C28H22F2N4O2. The second kappa shape index (κ2) is 8.64. The molecule has 2 heterocycles. The average Bonchev–Trinajstić information content (AvgIpc) is 3.06. The molecule has 0 saturated carbocycles. The minimum Gasteiger partial charge on any atom is -0.322 e. The molecule has 0 atom stereocenters. The quantitative estimate of drug-likeness (QED) is 0.389. The second-order valence-electron chi connectivity index (χ2n) is 9.09. The zero-order valence-electron chi connectivity index (χ0n) is 19.8. The molecule has 36 heavy (non-hydrogen) atoms. The molecule has 0 unspecified atom stereocenters. The number of aromatic nitrogens is 2. The van der Waals surface area contributed by atoms with Crippen molar-refractivity contribution in [2.75, 3.05) is 10.2 Å². The Kier molecular flexibility index (Phi) is 5.59. The lowest BCUT2D eigenvalue weighted by molar-refractivity contribution is -0.121. The first-order valence-electron chi connectivity index (χ1n) is 11.3. The number of halogens is 2. The number of hydrogen-bond donors (Lipinski definition) is 1. The van der Waals surface area contributed by atoms with Crippen molar-refractivity contribution in [1.29, 1.82) is 0 Å². The number of carbonyl (C=O) groups excluding carboxylic acids is 2. The zero-order valence-corrected chi connectivity index (χ0v) is 19.8. The highest BCUT2D eigenvalue weighted by Crippen LogP contribution is 2.49. The Morgan fingerprint density at radius 2 is 1.61 bits per heavy atom. The summed E-state index contributed by atoms with van der Waals surface area (Å²) in [6.45, 7) is 5.19. The molecule has 5 rings (SSSR count). The van der Waals surface area contributed by atoms with Crippen LogP contribution in [-0.2, 0) is 10.2 Å². The number of amides is 2. The Morgan fingerprint density at radius 1 is 0.917 bits per heavy atom. The Morgan fingerprint density at radius 3 is 2.31 bits per heavy atom. The van der Waals surface area contributed by atoms with Gasteiger partial charge in [0, 0.05) is 23.6 Å². The number of hydrogen-bond acceptors (Lipinski definition) is 4. The van der Waals surface area contributed by atoms with Gasteiger partial charge >= 0.3 is 0 Å². The van der Waals surface area contributed by atoms with Gasteiger partial charge in [0.2, 0.25) is 11.9 Å². The fourth-order valence-electron chi connectivity index (χ4n) is 4.60. The highest BCUT2D eigenvalue weighted by Gasteiger charge is 2.47. The third-order valence-electron chi connectivity index (χ3n) is 6.37. The highest BCUT2D eigenvalue weighted by atomic mass is 19.1. The molecule has 0 spiro atoms. The molecule has 3 aromatic carbocycles. The minimum absolute atomic E-state index is 0.125. The number of rotatable bonds is 4. The van der Waals surface area contributed by atoms with Gasteiger partial charge in [0.05, 0.1) is 16.7 Å². The number of aryl methyl sites for hydroxylation is 1. The Bertz CT molecular complexity index is 1500. The summed E-state index contributed by atoms with van der Waals surface area (Å²) in [4.78, 5) is 36.4. The van der Waals surface area contributed by atoms with Gasteiger partial charge in [-0.05, 0) is 73.9 Å². The maximum Gasteiger partial charge on any atom is 0.258 e. The monoisotopic (exact) mass is 484 g/mol. The minimum atomic E-state index is -1.00. The van der Waals surface area contributed by atoms with Crippen molar-refractivity contribution < 1.29 is 18.4 Å². The molecule has 6 nitrogen and oxygen atoms in total. The van der Waals surface area contributed by atoms with Gasteiger partial charge in [-0.1, -0.05) is 24.3 Å². The van der Waals surface area contributed by atoms with Crippen molar-refractivity contribution in [3.05, 3.63) is 101 Å². The van der Waals surface area contributed by atoms with E-state index in [1.165, 1.54) is 29.2 Å². The van der Waals surface area contributed by atoms with Crippen LogP contribution < -0.4 is 10.2 Å². The lowest BCUT2D eigenvalue weighted by Crippen LogP contribution is -2.34. The van der Waals surface area contributed by atoms with Crippen LogP contribution in [0.25, 0.3) is 11.1 Å². The summed E-state index contributed by atoms with van der Waals surface area (Å²) in [5.74, 6) is -1.81. The van der Waals surface area contributed by atoms with Gasteiger partial charge in [-0.2, -0.15) is 0 Å². The summed E-state index contributed by atoms with van der Waals surface area (Å²) in [5.41, 5.74) is 1.53. The lowest BCUT2D eigenvalue weighted by atomic mass is 9.80. The number of carbonyl (C=O) groups is 2. The molecule has 1 N–H and O–H groups in total. The van der Waals surface area contributed by atoms with Crippen LogP contribution in [0.3, 0.4) is 0 Å². The first-order chi connectivity index (χ1) is 17.2. The van der Waals surface area contributed by atoms with Crippen LogP contribution in [0.5, 0.6) is 0 Å². The van der Waals surface area contributed by atoms with Crippen LogP contribution in [-0.4, -0.2) is 21.8 Å². The molecule has 0 aliphatic carbocycles. The first kappa shape index (κ1) is 23.3. The first-order valence-corrected chi connectivity index (χ1v) is 11.3. The van der Waals surface area contributed by atoms with Gasteiger partial charge in [-0.3, -0.25) is 9.59 Å². The van der Waals surface area contributed by atoms with Crippen molar-refractivity contribution >= 4 is 29.1 Å². The maximum atomic E-state index is 16.0. The van der Waals surface area contributed by atoms with E-state index >= 15 is 4.39 Å². The van der Waals surface area contributed by atoms with Crippen LogP contribution in [0.4, 0.5) is 26.1 Å². The summed E-state index contributed by atoms with van der Waals surface area (Å²) in [5, 5.41) is 2.63. The number of nitrogens with one attached hydrogen (secondary N) is 1. The molecule has 2 amide bonds. The summed E-state index contributed by atoms with van der Waals surface area (Å²) in [6.07, 6.45) is 3.10. The predicted octanol–water partition coefficient (Wildman–Crippen LogP) is 5.94. The van der Waals surface area contributed by atoms with Crippen molar-refractivity contribution in [3.8, 4) is 11.1 Å². The normalized spacial score (nSPS) is 14.0. The molecular weight excluding hydrogens is 462 g/mol. The zero-order chi connectivity index (χ0) is 25.6. The van der Waals surface area contributed by atoms with Gasteiger partial charge in [-0.15, -0.1) is 0 Å². The largest absolute Gasteiger partial charge is 0.322 e. The maximum absolute atomic E-state index is 16.0. The molecule has 4 aromatic rings. The van der Waals surface area contributed by atoms with Crippen molar-refractivity contribution in [2.45, 2.75) is 26.2 Å². The fourth-order valence-corrected chi connectivity index (χ4v) is 4.60. The van der Waals surface area contributed by atoms with Gasteiger partial charge in [0.15, 0.2) is 0 Å². The van der Waals surface area contributed by atoms with E-state index in [0.29, 0.717) is 28.1 Å². The smallest absolute Gasteiger partial charge is 0.258 e. The van der Waals surface area contributed by atoms with Crippen LogP contribution in [0.15, 0.2) is 73.1 Å². The van der Waals surface area contributed by atoms with Crippen molar-refractivity contribution in [2.24, 2.45) is 0 Å². The summed E-state index contributed by atoms with van der Waals surface area (Å²) >= 11 is 0. The molecule has 180 valence electrons. The molecule has 0 saturated heterocycles. The molecule has 0 bridgehead atoms. The molecule has 1 aliphatic heterocycles. The van der Waals surface area contributed by atoms with Crippen LogP contribution in [0.1, 0.15) is 35.3 Å². The topological polar surface area (TPSA) is 75.2 Å². The number of nitrogens with zero attached hydrogens (tertiary/aromatic N) is 3. The van der Waals surface area contributed by atoms with Crippen LogP contribution in [0.2, 0.25) is 0 Å². The Balaban J connectivity index is 1.63. The van der Waals surface area contributed by atoms with Crippen LogP contribution >= 0.6 is 0 Å². The lowest BCUT2D eigenvalue weighted by Gasteiger charge is -2.20. The van der Waals surface area contributed by atoms with Crippen molar-refractivity contribution in [1.82, 2.24) is 9.97 Å². The average molecular weight is 485 g/mol. The van der Waals surface area contributed by atoms with E-state index in [9.17, 15) is 14.0 Å². The summed E-state index contributed by atoms with van der Waals surface area (Å²) < 4.78 is 29.3. The molecule has 0 radical (unpaired) electrons. The van der Waals surface area contributed by atoms with Gasteiger partial charge in [0.1, 0.15) is 11.6 Å². The standard InChI is InChI=1S/C28H22F2N4O2/c1-16-8-13-20(24(30)22(16)25(35)33-18-11-9-17(29)10-12-18)19-6-4-7-21-23(19)28(2,3)26(36)34(21)27-31-14-5-15-32-27/h4-15H,1-3H3,(H,33,35). The van der Waals surface area contributed by atoms with Crippen molar-refractivity contribution in [3.63, 3.8) is 0 Å². The third kappa shape index (κ3) is 3.71. The number of benzene rings is 3. The highest BCUT2D eigenvalue weighted by molar-refractivity contribution is 6.13. The van der Waals surface area contributed by atoms with E-state index in [-0.39, 0.29) is 23.0 Å². The van der Waals surface area contributed by atoms with E-state index in [2.05, 4.69) is 15.3 Å². The Labute approximate surface area is 206 Å².